The molecular formula is C9H17NO4. The number of alkyl carbamates (subject to hydrolysis) is 1. The minimum absolute atomic E-state index is 0.391. The van der Waals surface area contributed by atoms with E-state index < -0.39 is 18.1 Å². The molecule has 0 spiro atoms. The van der Waals surface area contributed by atoms with Gasteiger partial charge < -0.3 is 14.8 Å². The highest BCUT2D eigenvalue weighted by Gasteiger charge is 2.16. The van der Waals surface area contributed by atoms with Gasteiger partial charge in [0.05, 0.1) is 13.7 Å². The molecule has 0 saturated carbocycles. The van der Waals surface area contributed by atoms with Gasteiger partial charge in [-0.2, -0.15) is 0 Å². The zero-order valence-corrected chi connectivity index (χ0v) is 8.83. The second kappa shape index (κ2) is 7.17. The van der Waals surface area contributed by atoms with Crippen molar-refractivity contribution in [1.82, 2.24) is 5.32 Å². The highest BCUT2D eigenvalue weighted by atomic mass is 16.5. The van der Waals surface area contributed by atoms with Crippen molar-refractivity contribution in [3.8, 4) is 0 Å². The number of unbranched alkanes of at least 4 members (excludes halogenated alkanes) is 1. The topological polar surface area (TPSA) is 64.6 Å². The molecule has 0 aliphatic heterocycles. The number of carbonyl (C=O) groups excluding carboxylic acids is 2. The predicted molar refractivity (Wildman–Crippen MR) is 50.9 cm³/mol. The Labute approximate surface area is 83.8 Å². The normalized spacial score (nSPS) is 11.6. The Hall–Kier alpha value is -1.26. The van der Waals surface area contributed by atoms with Gasteiger partial charge in [-0.1, -0.05) is 13.3 Å². The average Bonchev–Trinajstić information content (AvgIpc) is 2.17. The van der Waals surface area contributed by atoms with Crippen LogP contribution in [0.25, 0.3) is 0 Å². The number of amides is 1. The Bertz CT molecular complexity index is 193. The number of ether oxygens (including phenoxy) is 2. The van der Waals surface area contributed by atoms with Gasteiger partial charge in [-0.05, 0) is 13.3 Å². The maximum absolute atomic E-state index is 11.2. The van der Waals surface area contributed by atoms with Crippen LogP contribution in [0.2, 0.25) is 0 Å². The van der Waals surface area contributed by atoms with Crippen molar-refractivity contribution >= 4 is 12.1 Å². The summed E-state index contributed by atoms with van der Waals surface area (Å²) in [5.41, 5.74) is 0. The minimum atomic E-state index is -0.667. The van der Waals surface area contributed by atoms with Crippen LogP contribution in [0.4, 0.5) is 4.79 Å². The summed E-state index contributed by atoms with van der Waals surface area (Å²) in [6.45, 7) is 3.94. The van der Waals surface area contributed by atoms with E-state index in [2.05, 4.69) is 10.1 Å². The van der Waals surface area contributed by atoms with E-state index in [1.165, 1.54) is 7.11 Å². The number of carbonyl (C=O) groups is 2. The summed E-state index contributed by atoms with van der Waals surface area (Å²) >= 11 is 0. The zero-order chi connectivity index (χ0) is 11.0. The van der Waals surface area contributed by atoms with Crippen LogP contribution in [0.5, 0.6) is 0 Å². The van der Waals surface area contributed by atoms with Crippen LogP contribution in [0.3, 0.4) is 0 Å². The van der Waals surface area contributed by atoms with Crippen molar-refractivity contribution in [3.05, 3.63) is 0 Å². The molecule has 0 aliphatic carbocycles. The lowest BCUT2D eigenvalue weighted by molar-refractivity contribution is -0.145. The molecule has 1 N–H and O–H groups in total. The van der Waals surface area contributed by atoms with Gasteiger partial charge in [0, 0.05) is 0 Å². The summed E-state index contributed by atoms with van der Waals surface area (Å²) in [5.74, 6) is -0.441. The molecule has 0 aromatic carbocycles. The molecular weight excluding hydrogens is 186 g/mol. The second-order valence-corrected chi connectivity index (χ2v) is 2.88. The van der Waals surface area contributed by atoms with Crippen molar-refractivity contribution in [2.75, 3.05) is 13.7 Å². The van der Waals surface area contributed by atoms with E-state index in [0.29, 0.717) is 6.61 Å². The van der Waals surface area contributed by atoms with Gasteiger partial charge in [-0.15, -0.1) is 0 Å². The monoisotopic (exact) mass is 203 g/mol. The Morgan fingerprint density at radius 2 is 2.07 bits per heavy atom. The summed E-state index contributed by atoms with van der Waals surface area (Å²) in [4.78, 5) is 21.9. The Morgan fingerprint density at radius 1 is 1.43 bits per heavy atom. The van der Waals surface area contributed by atoms with E-state index in [4.69, 9.17) is 4.74 Å². The van der Waals surface area contributed by atoms with Crippen LogP contribution in [0, 0.1) is 0 Å². The molecule has 14 heavy (non-hydrogen) atoms. The zero-order valence-electron chi connectivity index (χ0n) is 8.83. The molecule has 5 nitrogen and oxygen atoms in total. The molecule has 0 saturated heterocycles. The van der Waals surface area contributed by atoms with E-state index in [1.807, 2.05) is 6.92 Å². The fourth-order valence-electron chi connectivity index (χ4n) is 0.737. The first-order chi connectivity index (χ1) is 6.61. The molecule has 0 unspecified atom stereocenters. The van der Waals surface area contributed by atoms with E-state index in [-0.39, 0.29) is 0 Å². The lowest BCUT2D eigenvalue weighted by Crippen LogP contribution is -2.39. The van der Waals surface area contributed by atoms with E-state index in [1.54, 1.807) is 6.92 Å². The van der Waals surface area contributed by atoms with Gasteiger partial charge in [0.25, 0.3) is 0 Å². The third-order valence-electron chi connectivity index (χ3n) is 1.62. The van der Waals surface area contributed by atoms with Gasteiger partial charge in [0.15, 0.2) is 0 Å². The Morgan fingerprint density at radius 3 is 2.57 bits per heavy atom. The largest absolute Gasteiger partial charge is 0.464 e. The Kier molecular flexibility index (Phi) is 6.53. The standard InChI is InChI=1S/C9H17NO4/c1-4-5-6-14-8(11)7(2)10-9(12)13-3/h7H,4-6H2,1-3H3,(H,10,12)/t7-/m0/s1. The van der Waals surface area contributed by atoms with E-state index in [9.17, 15) is 9.59 Å². The number of hydrogen-bond acceptors (Lipinski definition) is 4. The van der Waals surface area contributed by atoms with Crippen LogP contribution in [0.15, 0.2) is 0 Å². The summed E-state index contributed by atoms with van der Waals surface area (Å²) in [7, 11) is 1.24. The molecule has 82 valence electrons. The first-order valence-electron chi connectivity index (χ1n) is 4.63. The molecule has 0 fully saturated rings. The summed E-state index contributed by atoms with van der Waals surface area (Å²) in [6.07, 6.45) is 1.16. The van der Waals surface area contributed by atoms with Crippen LogP contribution < -0.4 is 5.32 Å². The molecule has 0 aromatic heterocycles. The maximum atomic E-state index is 11.2. The number of esters is 1. The highest BCUT2D eigenvalue weighted by molar-refractivity contribution is 5.80. The number of rotatable bonds is 5. The maximum Gasteiger partial charge on any atom is 0.407 e. The van der Waals surface area contributed by atoms with E-state index in [0.717, 1.165) is 12.8 Å². The molecule has 0 radical (unpaired) electrons. The SMILES string of the molecule is CCCCOC(=O)[C@H](C)NC(=O)OC. The lowest BCUT2D eigenvalue weighted by atomic mass is 10.3. The molecule has 0 aromatic rings. The van der Waals surface area contributed by atoms with Crippen molar-refractivity contribution in [2.24, 2.45) is 0 Å². The lowest BCUT2D eigenvalue weighted by Gasteiger charge is -2.11. The minimum Gasteiger partial charge on any atom is -0.464 e. The number of nitrogens with one attached hydrogen (secondary N) is 1. The predicted octanol–water partition coefficient (Wildman–Crippen LogP) is 1.07. The fourth-order valence-corrected chi connectivity index (χ4v) is 0.737. The fraction of sp³-hybridized carbons (Fsp3) is 0.778. The smallest absolute Gasteiger partial charge is 0.407 e. The van der Waals surface area contributed by atoms with Crippen molar-refractivity contribution in [1.29, 1.82) is 0 Å². The molecule has 0 bridgehead atoms. The third kappa shape index (κ3) is 5.40. The van der Waals surface area contributed by atoms with Crippen LogP contribution in [-0.4, -0.2) is 31.8 Å². The summed E-state index contributed by atoms with van der Waals surface area (Å²) in [6, 6.07) is -0.667. The van der Waals surface area contributed by atoms with Gasteiger partial charge >= 0.3 is 12.1 Å². The van der Waals surface area contributed by atoms with Crippen LogP contribution >= 0.6 is 0 Å². The molecule has 0 aliphatic rings. The number of hydrogen-bond donors (Lipinski definition) is 1. The number of methoxy groups -OCH3 is 1. The van der Waals surface area contributed by atoms with Crippen LogP contribution in [-0.2, 0) is 14.3 Å². The van der Waals surface area contributed by atoms with Crippen molar-refractivity contribution in [3.63, 3.8) is 0 Å². The van der Waals surface area contributed by atoms with Crippen LogP contribution in [0.1, 0.15) is 26.7 Å². The molecule has 0 heterocycles. The van der Waals surface area contributed by atoms with Gasteiger partial charge in [-0.3, -0.25) is 0 Å². The molecule has 1 atom stereocenters. The summed E-state index contributed by atoms with van der Waals surface area (Å²) < 4.78 is 9.22. The highest BCUT2D eigenvalue weighted by Crippen LogP contribution is 1.93. The van der Waals surface area contributed by atoms with E-state index >= 15 is 0 Å². The van der Waals surface area contributed by atoms with Gasteiger partial charge in [0.2, 0.25) is 0 Å². The van der Waals surface area contributed by atoms with Crippen molar-refractivity contribution < 1.29 is 19.1 Å². The third-order valence-corrected chi connectivity index (χ3v) is 1.62. The molecule has 0 rings (SSSR count). The second-order valence-electron chi connectivity index (χ2n) is 2.88. The quantitative estimate of drug-likeness (QED) is 0.536. The Balaban J connectivity index is 3.70. The van der Waals surface area contributed by atoms with Gasteiger partial charge in [-0.25, -0.2) is 9.59 Å². The van der Waals surface area contributed by atoms with Crippen molar-refractivity contribution in [2.45, 2.75) is 32.7 Å². The first kappa shape index (κ1) is 12.7. The molecule has 5 heteroatoms. The van der Waals surface area contributed by atoms with Gasteiger partial charge in [0.1, 0.15) is 6.04 Å². The average molecular weight is 203 g/mol. The summed E-state index contributed by atoms with van der Waals surface area (Å²) in [5, 5.41) is 2.32. The molecule has 1 amide bonds. The first-order valence-corrected chi connectivity index (χ1v) is 4.63.